The highest BCUT2D eigenvalue weighted by Gasteiger charge is 2.24. The van der Waals surface area contributed by atoms with E-state index in [1.807, 2.05) is 12.1 Å². The van der Waals surface area contributed by atoms with Crippen LogP contribution in [-0.2, 0) is 0 Å². The first-order chi connectivity index (χ1) is 8.54. The maximum atomic E-state index is 12.9. The molecule has 102 valence electrons. The van der Waals surface area contributed by atoms with E-state index in [2.05, 4.69) is 25.7 Å². The fourth-order valence-electron chi connectivity index (χ4n) is 2.35. The van der Waals surface area contributed by atoms with Gasteiger partial charge in [0.25, 0.3) is 0 Å². The van der Waals surface area contributed by atoms with Gasteiger partial charge in [-0.2, -0.15) is 0 Å². The molecule has 0 fully saturated rings. The van der Waals surface area contributed by atoms with Crippen molar-refractivity contribution in [1.82, 2.24) is 0 Å². The van der Waals surface area contributed by atoms with Gasteiger partial charge in [0.15, 0.2) is 0 Å². The second-order valence-electron chi connectivity index (χ2n) is 5.26. The third kappa shape index (κ3) is 3.98. The highest BCUT2D eigenvalue weighted by Crippen LogP contribution is 2.26. The minimum atomic E-state index is -0.190. The lowest BCUT2D eigenvalue weighted by Gasteiger charge is -2.35. The molecule has 0 aromatic heterocycles. The first-order valence-corrected chi connectivity index (χ1v) is 6.75. The van der Waals surface area contributed by atoms with Crippen molar-refractivity contribution in [2.75, 3.05) is 24.5 Å². The fraction of sp³-hybridized carbons (Fsp3) is 0.600. The quantitative estimate of drug-likeness (QED) is 0.805. The lowest BCUT2D eigenvalue weighted by molar-refractivity contribution is 0.308. The van der Waals surface area contributed by atoms with Crippen molar-refractivity contribution in [2.24, 2.45) is 11.1 Å². The molecule has 0 radical (unpaired) electrons. The summed E-state index contributed by atoms with van der Waals surface area (Å²) in [5.74, 6) is -0.190. The molecule has 1 atom stereocenters. The molecule has 0 saturated carbocycles. The summed E-state index contributed by atoms with van der Waals surface area (Å²) in [6, 6.07) is 6.69. The Hall–Kier alpha value is -1.09. The van der Waals surface area contributed by atoms with E-state index in [-0.39, 0.29) is 11.2 Å². The Labute approximate surface area is 110 Å². The molecule has 0 bridgehead atoms. The first kappa shape index (κ1) is 15.0. The van der Waals surface area contributed by atoms with Crippen molar-refractivity contribution in [3.05, 3.63) is 30.1 Å². The Balaban J connectivity index is 2.80. The number of nitrogens with zero attached hydrogens (tertiary/aromatic N) is 1. The lowest BCUT2D eigenvalue weighted by atomic mass is 9.85. The van der Waals surface area contributed by atoms with Crippen molar-refractivity contribution in [3.8, 4) is 0 Å². The van der Waals surface area contributed by atoms with Crippen LogP contribution in [0.3, 0.4) is 0 Å². The van der Waals surface area contributed by atoms with Crippen LogP contribution in [-0.4, -0.2) is 19.6 Å². The molecule has 3 heteroatoms. The van der Waals surface area contributed by atoms with Gasteiger partial charge in [0.1, 0.15) is 5.82 Å². The van der Waals surface area contributed by atoms with Crippen LogP contribution in [0.15, 0.2) is 24.3 Å². The van der Waals surface area contributed by atoms with Gasteiger partial charge in [-0.1, -0.05) is 20.3 Å². The summed E-state index contributed by atoms with van der Waals surface area (Å²) in [7, 11) is 0. The van der Waals surface area contributed by atoms with Crippen LogP contribution in [0, 0.1) is 11.2 Å². The maximum absolute atomic E-state index is 12.9. The number of nitrogens with two attached hydrogens (primary N) is 1. The molecule has 0 aliphatic heterocycles. The van der Waals surface area contributed by atoms with E-state index in [1.165, 1.54) is 12.1 Å². The summed E-state index contributed by atoms with van der Waals surface area (Å²) >= 11 is 0. The molecule has 0 aliphatic carbocycles. The summed E-state index contributed by atoms with van der Waals surface area (Å²) in [4.78, 5) is 2.27. The number of halogens is 1. The Kier molecular flexibility index (Phi) is 5.60. The SMILES string of the molecule is CCCC(C)(CN)CN(CC)c1ccc(F)cc1. The average molecular weight is 252 g/mol. The molecule has 18 heavy (non-hydrogen) atoms. The summed E-state index contributed by atoms with van der Waals surface area (Å²) in [6.45, 7) is 9.03. The van der Waals surface area contributed by atoms with E-state index in [1.54, 1.807) is 0 Å². The minimum absolute atomic E-state index is 0.124. The van der Waals surface area contributed by atoms with E-state index in [4.69, 9.17) is 5.73 Å². The lowest BCUT2D eigenvalue weighted by Crippen LogP contribution is -2.40. The Bertz CT molecular complexity index is 350. The van der Waals surface area contributed by atoms with Crippen LogP contribution >= 0.6 is 0 Å². The van der Waals surface area contributed by atoms with Gasteiger partial charge in [0.05, 0.1) is 0 Å². The molecule has 1 rings (SSSR count). The molecule has 0 amide bonds. The van der Waals surface area contributed by atoms with Crippen LogP contribution in [0.4, 0.5) is 10.1 Å². The van der Waals surface area contributed by atoms with Crippen molar-refractivity contribution < 1.29 is 4.39 Å². The standard InChI is InChI=1S/C15H25FN2/c1-4-10-15(3,11-17)12-18(5-2)14-8-6-13(16)7-9-14/h6-9H,4-5,10-12,17H2,1-3H3. The number of hydrogen-bond donors (Lipinski definition) is 1. The van der Waals surface area contributed by atoms with Gasteiger partial charge >= 0.3 is 0 Å². The zero-order valence-electron chi connectivity index (χ0n) is 11.7. The second kappa shape index (κ2) is 6.74. The van der Waals surface area contributed by atoms with Crippen LogP contribution in [0.25, 0.3) is 0 Å². The molecule has 1 unspecified atom stereocenters. The summed E-state index contributed by atoms with van der Waals surface area (Å²) < 4.78 is 12.9. The van der Waals surface area contributed by atoms with Crippen LogP contribution in [0.1, 0.15) is 33.6 Å². The second-order valence-corrected chi connectivity index (χ2v) is 5.26. The predicted molar refractivity (Wildman–Crippen MR) is 76.4 cm³/mol. The summed E-state index contributed by atoms with van der Waals surface area (Å²) in [5.41, 5.74) is 7.10. The highest BCUT2D eigenvalue weighted by atomic mass is 19.1. The largest absolute Gasteiger partial charge is 0.371 e. The van der Waals surface area contributed by atoms with E-state index >= 15 is 0 Å². The Morgan fingerprint density at radius 1 is 1.22 bits per heavy atom. The topological polar surface area (TPSA) is 29.3 Å². The van der Waals surface area contributed by atoms with Gasteiger partial charge in [0, 0.05) is 18.8 Å². The van der Waals surface area contributed by atoms with E-state index < -0.39 is 0 Å². The highest BCUT2D eigenvalue weighted by molar-refractivity contribution is 5.46. The van der Waals surface area contributed by atoms with Crippen LogP contribution in [0.2, 0.25) is 0 Å². The normalized spacial score (nSPS) is 14.3. The van der Waals surface area contributed by atoms with Gasteiger partial charge in [-0.15, -0.1) is 0 Å². The number of rotatable bonds is 7. The summed E-state index contributed by atoms with van der Waals surface area (Å²) in [6.07, 6.45) is 2.25. The molecule has 0 saturated heterocycles. The molecular formula is C15H25FN2. The fourth-order valence-corrected chi connectivity index (χ4v) is 2.35. The van der Waals surface area contributed by atoms with Crippen molar-refractivity contribution in [2.45, 2.75) is 33.6 Å². The molecule has 1 aromatic rings. The van der Waals surface area contributed by atoms with Crippen molar-refractivity contribution >= 4 is 5.69 Å². The maximum Gasteiger partial charge on any atom is 0.123 e. The average Bonchev–Trinajstić information content (AvgIpc) is 2.37. The van der Waals surface area contributed by atoms with E-state index in [0.29, 0.717) is 6.54 Å². The molecule has 1 aromatic carbocycles. The number of benzene rings is 1. The molecule has 0 heterocycles. The zero-order chi connectivity index (χ0) is 13.6. The Morgan fingerprint density at radius 2 is 1.83 bits per heavy atom. The van der Waals surface area contributed by atoms with Gasteiger partial charge in [-0.05, 0) is 49.6 Å². The smallest absolute Gasteiger partial charge is 0.123 e. The van der Waals surface area contributed by atoms with Gasteiger partial charge in [0.2, 0.25) is 0 Å². The molecule has 0 aliphatic rings. The van der Waals surface area contributed by atoms with Gasteiger partial charge in [-0.25, -0.2) is 4.39 Å². The van der Waals surface area contributed by atoms with Gasteiger partial charge < -0.3 is 10.6 Å². The van der Waals surface area contributed by atoms with Crippen LogP contribution in [0.5, 0.6) is 0 Å². The first-order valence-electron chi connectivity index (χ1n) is 6.75. The third-order valence-corrected chi connectivity index (χ3v) is 3.49. The monoisotopic (exact) mass is 252 g/mol. The minimum Gasteiger partial charge on any atom is -0.371 e. The number of anilines is 1. The zero-order valence-corrected chi connectivity index (χ0v) is 11.7. The third-order valence-electron chi connectivity index (χ3n) is 3.49. The van der Waals surface area contributed by atoms with Gasteiger partial charge in [-0.3, -0.25) is 0 Å². The molecule has 2 N–H and O–H groups in total. The van der Waals surface area contributed by atoms with Crippen molar-refractivity contribution in [1.29, 1.82) is 0 Å². The molecule has 2 nitrogen and oxygen atoms in total. The molecule has 0 spiro atoms. The van der Waals surface area contributed by atoms with Crippen LogP contribution < -0.4 is 10.6 Å². The Morgan fingerprint density at radius 3 is 2.28 bits per heavy atom. The van der Waals surface area contributed by atoms with E-state index in [9.17, 15) is 4.39 Å². The van der Waals surface area contributed by atoms with Crippen molar-refractivity contribution in [3.63, 3.8) is 0 Å². The molecular weight excluding hydrogens is 227 g/mol. The predicted octanol–water partition coefficient (Wildman–Crippen LogP) is 3.42. The number of hydrogen-bond acceptors (Lipinski definition) is 2. The van der Waals surface area contributed by atoms with E-state index in [0.717, 1.165) is 31.6 Å². The summed E-state index contributed by atoms with van der Waals surface area (Å²) in [5, 5.41) is 0.